The van der Waals surface area contributed by atoms with Gasteiger partial charge < -0.3 is 9.47 Å². The smallest absolute Gasteiger partial charge is 0.270 e. The largest absolute Gasteiger partial charge is 0.341 e. The summed E-state index contributed by atoms with van der Waals surface area (Å²) >= 11 is 5.17. The number of amides is 1. The second kappa shape index (κ2) is 5.28. The van der Waals surface area contributed by atoms with Crippen LogP contribution < -0.4 is 0 Å². The molecule has 2 heterocycles. The molecule has 2 rings (SSSR count). The lowest BCUT2D eigenvalue weighted by Crippen LogP contribution is -2.28. The number of hydrogen-bond acceptors (Lipinski definition) is 2. The number of halogens is 1. The van der Waals surface area contributed by atoms with Crippen molar-refractivity contribution in [3.63, 3.8) is 0 Å². The van der Waals surface area contributed by atoms with Crippen molar-refractivity contribution in [1.82, 2.24) is 9.47 Å². The number of allylic oxidation sites excluding steroid dienone is 1. The molecule has 2 aromatic rings. The Morgan fingerprint density at radius 3 is 3.00 bits per heavy atom. The van der Waals surface area contributed by atoms with Crippen molar-refractivity contribution in [3.05, 3.63) is 34.3 Å². The van der Waals surface area contributed by atoms with E-state index in [1.54, 1.807) is 16.2 Å². The zero-order valence-corrected chi connectivity index (χ0v) is 12.8. The maximum atomic E-state index is 12.3. The number of nitrogens with zero attached hydrogens (tertiary/aromatic N) is 2. The van der Waals surface area contributed by atoms with Crippen LogP contribution >= 0.6 is 27.3 Å². The molecule has 0 N–H and O–H groups in total. The third-order valence-corrected chi connectivity index (χ3v) is 4.76. The van der Waals surface area contributed by atoms with Crippen LogP contribution in [0.25, 0.3) is 10.2 Å². The second-order valence-electron chi connectivity index (χ2n) is 4.04. The minimum Gasteiger partial charge on any atom is -0.341 e. The van der Waals surface area contributed by atoms with Crippen molar-refractivity contribution in [3.8, 4) is 0 Å². The van der Waals surface area contributed by atoms with Gasteiger partial charge in [0.15, 0.2) is 0 Å². The minimum atomic E-state index is 0.0506. The highest BCUT2D eigenvalue weighted by Crippen LogP contribution is 2.33. The number of carbonyl (C=O) groups excluding carboxylic acids is 1. The molecule has 3 nitrogen and oxygen atoms in total. The number of carbonyl (C=O) groups is 1. The summed E-state index contributed by atoms with van der Waals surface area (Å²) in [6.07, 6.45) is 1.81. The predicted octanol–water partition coefficient (Wildman–Crippen LogP) is 3.74. The highest BCUT2D eigenvalue weighted by Gasteiger charge is 2.19. The summed E-state index contributed by atoms with van der Waals surface area (Å²) in [5, 5.41) is 2.04. The molecule has 0 spiro atoms. The van der Waals surface area contributed by atoms with Crippen LogP contribution in [0.3, 0.4) is 0 Å². The van der Waals surface area contributed by atoms with Crippen LogP contribution in [-0.4, -0.2) is 29.0 Å². The van der Waals surface area contributed by atoms with E-state index < -0.39 is 0 Å². The fourth-order valence-electron chi connectivity index (χ4n) is 1.87. The molecule has 0 aliphatic carbocycles. The summed E-state index contributed by atoms with van der Waals surface area (Å²) in [5.41, 5.74) is 1.80. The van der Waals surface area contributed by atoms with Crippen molar-refractivity contribution in [2.24, 2.45) is 0 Å². The highest BCUT2D eigenvalue weighted by molar-refractivity contribution is 9.10. The van der Waals surface area contributed by atoms with Crippen LogP contribution in [0.1, 0.15) is 17.4 Å². The Labute approximate surface area is 119 Å². The Morgan fingerprint density at radius 2 is 2.39 bits per heavy atom. The lowest BCUT2D eigenvalue weighted by molar-refractivity contribution is 0.0793. The molecular weight excluding hydrogens is 312 g/mol. The minimum absolute atomic E-state index is 0.0506. The first-order chi connectivity index (χ1) is 8.60. The summed E-state index contributed by atoms with van der Waals surface area (Å²) in [6.45, 7) is 7.07. The molecule has 0 saturated heterocycles. The van der Waals surface area contributed by atoms with Crippen LogP contribution in [0.15, 0.2) is 28.6 Å². The normalized spacial score (nSPS) is 10.8. The lowest BCUT2D eigenvalue weighted by atomic mass is 10.3. The molecule has 2 aromatic heterocycles. The standard InChI is InChI=1S/C13H15BrN2OS/c1-4-6-16-10(13(17)15(3)5-2)7-11-12(16)9(14)8-18-11/h4,7-8H,1,5-6H2,2-3H3. The zero-order valence-electron chi connectivity index (χ0n) is 10.4. The summed E-state index contributed by atoms with van der Waals surface area (Å²) in [5.74, 6) is 0.0506. The van der Waals surface area contributed by atoms with Gasteiger partial charge in [-0.2, -0.15) is 0 Å². The van der Waals surface area contributed by atoms with E-state index >= 15 is 0 Å². The Morgan fingerprint density at radius 1 is 1.67 bits per heavy atom. The fraction of sp³-hybridized carbons (Fsp3) is 0.308. The Hall–Kier alpha value is -1.07. The van der Waals surface area contributed by atoms with E-state index in [0.29, 0.717) is 13.1 Å². The van der Waals surface area contributed by atoms with Gasteiger partial charge in [0, 0.05) is 25.5 Å². The van der Waals surface area contributed by atoms with Crippen LogP contribution in [-0.2, 0) is 6.54 Å². The predicted molar refractivity (Wildman–Crippen MR) is 80.3 cm³/mol. The number of hydrogen-bond donors (Lipinski definition) is 0. The van der Waals surface area contributed by atoms with Crippen molar-refractivity contribution >= 4 is 43.4 Å². The molecule has 18 heavy (non-hydrogen) atoms. The fourth-order valence-corrected chi connectivity index (χ4v) is 3.56. The summed E-state index contributed by atoms with van der Waals surface area (Å²) in [7, 11) is 1.82. The second-order valence-corrected chi connectivity index (χ2v) is 5.81. The molecule has 0 unspecified atom stereocenters. The average molecular weight is 327 g/mol. The third kappa shape index (κ3) is 2.12. The van der Waals surface area contributed by atoms with E-state index in [-0.39, 0.29) is 5.91 Å². The molecule has 96 valence electrons. The molecule has 0 bridgehead atoms. The molecule has 0 aliphatic rings. The molecule has 0 atom stereocenters. The topological polar surface area (TPSA) is 25.2 Å². The molecule has 0 radical (unpaired) electrons. The SMILES string of the molecule is C=CCn1c(C(=O)N(C)CC)cc2scc(Br)c21. The summed E-state index contributed by atoms with van der Waals surface area (Å²) in [4.78, 5) is 14.0. The van der Waals surface area contributed by atoms with Gasteiger partial charge in [0.2, 0.25) is 0 Å². The quantitative estimate of drug-likeness (QED) is 0.785. The first kappa shape index (κ1) is 13.4. The van der Waals surface area contributed by atoms with Crippen molar-refractivity contribution < 1.29 is 4.79 Å². The van der Waals surface area contributed by atoms with Gasteiger partial charge in [-0.25, -0.2) is 0 Å². The van der Waals surface area contributed by atoms with E-state index in [1.807, 2.05) is 36.1 Å². The number of aromatic nitrogens is 1. The maximum absolute atomic E-state index is 12.3. The van der Waals surface area contributed by atoms with Crippen molar-refractivity contribution in [2.75, 3.05) is 13.6 Å². The Bertz CT molecular complexity index is 599. The van der Waals surface area contributed by atoms with Crippen LogP contribution in [0, 0.1) is 0 Å². The van der Waals surface area contributed by atoms with Gasteiger partial charge >= 0.3 is 0 Å². The third-order valence-electron chi connectivity index (χ3n) is 2.93. The molecule has 0 aromatic carbocycles. The Balaban J connectivity index is 2.59. The van der Waals surface area contributed by atoms with E-state index in [1.165, 1.54) is 0 Å². The summed E-state index contributed by atoms with van der Waals surface area (Å²) in [6, 6.07) is 1.96. The summed E-state index contributed by atoms with van der Waals surface area (Å²) < 4.78 is 4.16. The maximum Gasteiger partial charge on any atom is 0.270 e. The van der Waals surface area contributed by atoms with Crippen LogP contribution in [0.4, 0.5) is 0 Å². The monoisotopic (exact) mass is 326 g/mol. The number of thiophene rings is 1. The van der Waals surface area contributed by atoms with Crippen molar-refractivity contribution in [2.45, 2.75) is 13.5 Å². The van der Waals surface area contributed by atoms with Gasteiger partial charge in [-0.15, -0.1) is 17.9 Å². The molecule has 0 saturated carbocycles. The number of fused-ring (bicyclic) bond motifs is 1. The highest BCUT2D eigenvalue weighted by atomic mass is 79.9. The molecule has 5 heteroatoms. The zero-order chi connectivity index (χ0) is 13.3. The molecular formula is C13H15BrN2OS. The van der Waals surface area contributed by atoms with Crippen LogP contribution in [0.2, 0.25) is 0 Å². The first-order valence-corrected chi connectivity index (χ1v) is 7.40. The van der Waals surface area contributed by atoms with Crippen LogP contribution in [0.5, 0.6) is 0 Å². The van der Waals surface area contributed by atoms with E-state index in [0.717, 1.165) is 20.4 Å². The van der Waals surface area contributed by atoms with Gasteiger partial charge in [-0.05, 0) is 28.9 Å². The van der Waals surface area contributed by atoms with E-state index in [9.17, 15) is 4.79 Å². The van der Waals surface area contributed by atoms with Crippen molar-refractivity contribution in [1.29, 1.82) is 0 Å². The van der Waals surface area contributed by atoms with E-state index in [2.05, 4.69) is 22.5 Å². The van der Waals surface area contributed by atoms with Gasteiger partial charge in [0.05, 0.1) is 14.7 Å². The molecule has 0 aliphatic heterocycles. The van der Waals surface area contributed by atoms with Gasteiger partial charge in [-0.1, -0.05) is 6.08 Å². The lowest BCUT2D eigenvalue weighted by Gasteiger charge is -2.16. The first-order valence-electron chi connectivity index (χ1n) is 5.72. The van der Waals surface area contributed by atoms with Gasteiger partial charge in [0.1, 0.15) is 5.69 Å². The Kier molecular flexibility index (Phi) is 3.92. The van der Waals surface area contributed by atoms with E-state index in [4.69, 9.17) is 0 Å². The van der Waals surface area contributed by atoms with Gasteiger partial charge in [0.25, 0.3) is 5.91 Å². The number of rotatable bonds is 4. The van der Waals surface area contributed by atoms with Gasteiger partial charge in [-0.3, -0.25) is 4.79 Å². The molecule has 0 fully saturated rings. The average Bonchev–Trinajstić information content (AvgIpc) is 2.90. The molecule has 1 amide bonds.